The summed E-state index contributed by atoms with van der Waals surface area (Å²) in [5.74, 6) is 0. The van der Waals surface area contributed by atoms with E-state index in [4.69, 9.17) is 10.3 Å². The second-order valence-electron chi connectivity index (χ2n) is 4.44. The van der Waals surface area contributed by atoms with Crippen molar-refractivity contribution in [1.82, 2.24) is 0 Å². The minimum Gasteiger partial charge on any atom is -0.292 e. The summed E-state index contributed by atoms with van der Waals surface area (Å²) in [7, 11) is 0. The fraction of sp³-hybridized carbons (Fsp3) is 0.400. The largest absolute Gasteiger partial charge is 0.292 e. The van der Waals surface area contributed by atoms with Gasteiger partial charge in [0.05, 0.1) is 24.2 Å². The Bertz CT molecular complexity index is 491. The first kappa shape index (κ1) is 12.5. The van der Waals surface area contributed by atoms with Crippen molar-refractivity contribution in [2.75, 3.05) is 6.54 Å². The van der Waals surface area contributed by atoms with Crippen LogP contribution >= 0.6 is 0 Å². The zero-order chi connectivity index (χ0) is 12.8. The van der Waals surface area contributed by atoms with Crippen molar-refractivity contribution in [1.29, 1.82) is 5.26 Å². The lowest BCUT2D eigenvalue weighted by atomic mass is 9.96. The summed E-state index contributed by atoms with van der Waals surface area (Å²) in [5, 5.41) is 8.78. The minimum atomic E-state index is 0.244. The molecule has 92 valence electrons. The molecule has 0 spiro atoms. The van der Waals surface area contributed by atoms with Crippen LogP contribution in [0.25, 0.3) is 0 Å². The topological polar surface area (TPSA) is 48.5 Å². The van der Waals surface area contributed by atoms with Gasteiger partial charge in [0.15, 0.2) is 0 Å². The van der Waals surface area contributed by atoms with Crippen LogP contribution < -0.4 is 0 Å². The van der Waals surface area contributed by atoms with E-state index in [0.717, 1.165) is 19.4 Å². The van der Waals surface area contributed by atoms with Gasteiger partial charge in [-0.25, -0.2) is 0 Å². The normalized spacial score (nSPS) is 19.6. The molecule has 1 aliphatic rings. The molecular weight excluding hydrogens is 222 g/mol. The average molecular weight is 239 g/mol. The summed E-state index contributed by atoms with van der Waals surface area (Å²) < 4.78 is 0. The fourth-order valence-electron chi connectivity index (χ4n) is 2.19. The Kier molecular flexibility index (Phi) is 4.25. The molecule has 3 heteroatoms. The molecule has 3 nitrogen and oxygen atoms in total. The average Bonchev–Trinajstić information content (AvgIpc) is 2.45. The summed E-state index contributed by atoms with van der Waals surface area (Å²) >= 11 is 0. The number of nitrogens with zero attached hydrogens (tertiary/aromatic N) is 3. The number of rotatable bonds is 3. The Hall–Kier alpha value is -1.95. The predicted octanol–water partition coefficient (Wildman–Crippen LogP) is 3.31. The van der Waals surface area contributed by atoms with Crippen LogP contribution in [0.15, 0.2) is 34.3 Å². The van der Waals surface area contributed by atoms with Crippen molar-refractivity contribution >= 4 is 11.9 Å². The molecule has 0 fully saturated rings. The molecule has 1 heterocycles. The van der Waals surface area contributed by atoms with Crippen molar-refractivity contribution < 1.29 is 0 Å². The van der Waals surface area contributed by atoms with Gasteiger partial charge in [-0.3, -0.25) is 9.98 Å². The van der Waals surface area contributed by atoms with Crippen LogP contribution in [0.2, 0.25) is 0 Å². The second-order valence-corrected chi connectivity index (χ2v) is 4.44. The van der Waals surface area contributed by atoms with Gasteiger partial charge in [-0.1, -0.05) is 12.1 Å². The van der Waals surface area contributed by atoms with E-state index >= 15 is 0 Å². The van der Waals surface area contributed by atoms with Gasteiger partial charge in [0, 0.05) is 5.71 Å². The Balaban J connectivity index is 2.14. The first-order chi connectivity index (χ1) is 8.83. The highest BCUT2D eigenvalue weighted by molar-refractivity contribution is 5.88. The summed E-state index contributed by atoms with van der Waals surface area (Å²) in [6.45, 7) is 2.66. The monoisotopic (exact) mass is 239 g/mol. The van der Waals surface area contributed by atoms with Crippen LogP contribution in [0.4, 0.5) is 0 Å². The van der Waals surface area contributed by atoms with Gasteiger partial charge in [0.2, 0.25) is 0 Å². The van der Waals surface area contributed by atoms with Crippen molar-refractivity contribution in [3.63, 3.8) is 0 Å². The van der Waals surface area contributed by atoms with Gasteiger partial charge in [0.25, 0.3) is 0 Å². The molecule has 0 N–H and O–H groups in total. The van der Waals surface area contributed by atoms with Crippen molar-refractivity contribution in [2.24, 2.45) is 9.98 Å². The van der Waals surface area contributed by atoms with Crippen molar-refractivity contribution in [3.8, 4) is 6.07 Å². The molecule has 2 rings (SSSR count). The van der Waals surface area contributed by atoms with Crippen LogP contribution in [0.5, 0.6) is 0 Å². The zero-order valence-corrected chi connectivity index (χ0v) is 10.6. The molecule has 1 aromatic carbocycles. The lowest BCUT2D eigenvalue weighted by Crippen LogP contribution is -2.12. The highest BCUT2D eigenvalue weighted by atomic mass is 14.8. The lowest BCUT2D eigenvalue weighted by Gasteiger charge is -2.20. The smallest absolute Gasteiger partial charge is 0.0991 e. The zero-order valence-electron chi connectivity index (χ0n) is 10.6. The lowest BCUT2D eigenvalue weighted by molar-refractivity contribution is 0.593. The number of aliphatic imine (C=N–C) groups is 2. The SMILES string of the molecule is CC=NCC1=NC(c2ccc(C#N)cc2)CCC1. The van der Waals surface area contributed by atoms with E-state index in [2.05, 4.69) is 11.1 Å². The van der Waals surface area contributed by atoms with Crippen LogP contribution in [0.1, 0.15) is 43.4 Å². The Labute approximate surface area is 108 Å². The fourth-order valence-corrected chi connectivity index (χ4v) is 2.19. The molecule has 0 saturated carbocycles. The molecule has 0 amide bonds. The van der Waals surface area contributed by atoms with Gasteiger partial charge in [-0.15, -0.1) is 0 Å². The van der Waals surface area contributed by atoms with Gasteiger partial charge in [-0.2, -0.15) is 5.26 Å². The maximum atomic E-state index is 8.78. The maximum Gasteiger partial charge on any atom is 0.0991 e. The number of hydrogen-bond donors (Lipinski definition) is 0. The molecule has 1 unspecified atom stereocenters. The molecule has 18 heavy (non-hydrogen) atoms. The standard InChI is InChI=1S/C15H17N3/c1-2-17-11-14-4-3-5-15(18-14)13-8-6-12(10-16)7-9-13/h2,6-9,15H,3-5,11H2,1H3. The van der Waals surface area contributed by atoms with E-state index in [0.29, 0.717) is 5.56 Å². The third-order valence-electron chi connectivity index (χ3n) is 3.16. The van der Waals surface area contributed by atoms with Gasteiger partial charge in [0.1, 0.15) is 0 Å². The molecular formula is C15H17N3. The summed E-state index contributed by atoms with van der Waals surface area (Å²) in [4.78, 5) is 9.02. The van der Waals surface area contributed by atoms with Gasteiger partial charge in [-0.05, 0) is 50.1 Å². The van der Waals surface area contributed by atoms with E-state index in [1.165, 1.54) is 17.7 Å². The van der Waals surface area contributed by atoms with E-state index in [1.807, 2.05) is 37.4 Å². The summed E-state index contributed by atoms with van der Waals surface area (Å²) in [5.41, 5.74) is 3.09. The quantitative estimate of drug-likeness (QED) is 0.746. The third kappa shape index (κ3) is 3.04. The highest BCUT2D eigenvalue weighted by Gasteiger charge is 2.16. The van der Waals surface area contributed by atoms with Crippen LogP contribution in [-0.2, 0) is 0 Å². The van der Waals surface area contributed by atoms with Crippen LogP contribution in [0, 0.1) is 11.3 Å². The summed E-state index contributed by atoms with van der Waals surface area (Å²) in [6.07, 6.45) is 5.14. The van der Waals surface area contributed by atoms with Crippen LogP contribution in [-0.4, -0.2) is 18.5 Å². The van der Waals surface area contributed by atoms with Gasteiger partial charge >= 0.3 is 0 Å². The molecule has 0 aliphatic carbocycles. The van der Waals surface area contributed by atoms with E-state index in [-0.39, 0.29) is 6.04 Å². The Morgan fingerprint density at radius 3 is 2.89 bits per heavy atom. The molecule has 0 bridgehead atoms. The first-order valence-corrected chi connectivity index (χ1v) is 6.33. The van der Waals surface area contributed by atoms with E-state index in [9.17, 15) is 0 Å². The second kappa shape index (κ2) is 6.11. The summed E-state index contributed by atoms with van der Waals surface area (Å²) in [6, 6.07) is 10.1. The minimum absolute atomic E-state index is 0.244. The molecule has 0 saturated heterocycles. The molecule has 0 radical (unpaired) electrons. The van der Waals surface area contributed by atoms with Crippen molar-refractivity contribution in [2.45, 2.75) is 32.2 Å². The Morgan fingerprint density at radius 1 is 1.44 bits per heavy atom. The predicted molar refractivity (Wildman–Crippen MR) is 74.2 cm³/mol. The van der Waals surface area contributed by atoms with E-state index in [1.54, 1.807) is 0 Å². The van der Waals surface area contributed by atoms with Crippen molar-refractivity contribution in [3.05, 3.63) is 35.4 Å². The maximum absolute atomic E-state index is 8.78. The highest BCUT2D eigenvalue weighted by Crippen LogP contribution is 2.28. The van der Waals surface area contributed by atoms with Crippen LogP contribution in [0.3, 0.4) is 0 Å². The number of nitriles is 1. The molecule has 1 aromatic rings. The number of benzene rings is 1. The molecule has 1 aliphatic heterocycles. The molecule has 0 aromatic heterocycles. The number of hydrogen-bond acceptors (Lipinski definition) is 3. The van der Waals surface area contributed by atoms with Gasteiger partial charge < -0.3 is 0 Å². The molecule has 1 atom stereocenters. The van der Waals surface area contributed by atoms with E-state index < -0.39 is 0 Å². The Morgan fingerprint density at radius 2 is 2.22 bits per heavy atom. The first-order valence-electron chi connectivity index (χ1n) is 6.33. The third-order valence-corrected chi connectivity index (χ3v) is 3.16.